The van der Waals surface area contributed by atoms with Crippen LogP contribution in [0.3, 0.4) is 0 Å². The molecule has 1 heterocycles. The summed E-state index contributed by atoms with van der Waals surface area (Å²) < 4.78 is 5.05. The molecule has 1 amide bonds. The Morgan fingerprint density at radius 1 is 1.77 bits per heavy atom. The van der Waals surface area contributed by atoms with Crippen LogP contribution in [0, 0.1) is 0 Å². The predicted octanol–water partition coefficient (Wildman–Crippen LogP) is 0.722. The molecule has 1 saturated heterocycles. The monoisotopic (exact) mass is 186 g/mol. The van der Waals surface area contributed by atoms with Crippen LogP contribution in [0.1, 0.15) is 6.42 Å². The van der Waals surface area contributed by atoms with Crippen molar-refractivity contribution >= 4 is 6.09 Å². The van der Waals surface area contributed by atoms with E-state index >= 15 is 0 Å². The molecule has 1 aliphatic rings. The first kappa shape index (κ1) is 9.63. The zero-order valence-electron chi connectivity index (χ0n) is 6.88. The molecule has 1 aliphatic heterocycles. The smallest absolute Gasteiger partial charge is 0.404 e. The quantitative estimate of drug-likeness (QED) is 0.376. The van der Waals surface area contributed by atoms with Gasteiger partial charge in [-0.1, -0.05) is 5.11 Å². The average Bonchev–Trinajstić information content (AvgIpc) is 2.08. The highest BCUT2D eigenvalue weighted by molar-refractivity contribution is 5.65. The SMILES string of the molecule is [N-]=[N+]=N[C@H]1CCOC[C@H]1NC(=O)O. The van der Waals surface area contributed by atoms with Gasteiger partial charge in [0.2, 0.25) is 0 Å². The summed E-state index contributed by atoms with van der Waals surface area (Å²) in [6, 6.07) is -0.767. The summed E-state index contributed by atoms with van der Waals surface area (Å²) in [5, 5.41) is 14.2. The van der Waals surface area contributed by atoms with E-state index in [-0.39, 0.29) is 12.6 Å². The van der Waals surface area contributed by atoms with Gasteiger partial charge in [0.15, 0.2) is 0 Å². The van der Waals surface area contributed by atoms with Gasteiger partial charge >= 0.3 is 6.09 Å². The highest BCUT2D eigenvalue weighted by atomic mass is 16.5. The second kappa shape index (κ2) is 4.54. The zero-order valence-corrected chi connectivity index (χ0v) is 6.88. The molecule has 0 spiro atoms. The molecule has 1 fully saturated rings. The number of hydrogen-bond acceptors (Lipinski definition) is 3. The van der Waals surface area contributed by atoms with Crippen molar-refractivity contribution in [3.05, 3.63) is 10.4 Å². The van der Waals surface area contributed by atoms with Crippen molar-refractivity contribution in [3.8, 4) is 0 Å². The van der Waals surface area contributed by atoms with E-state index in [1.165, 1.54) is 0 Å². The Balaban J connectivity index is 2.55. The van der Waals surface area contributed by atoms with E-state index in [1.807, 2.05) is 0 Å². The summed E-state index contributed by atoms with van der Waals surface area (Å²) in [6.07, 6.45) is -0.580. The van der Waals surface area contributed by atoms with Crippen LogP contribution in [-0.2, 0) is 4.74 Å². The van der Waals surface area contributed by atoms with E-state index < -0.39 is 12.1 Å². The molecule has 1 rings (SSSR count). The molecule has 0 radical (unpaired) electrons. The Morgan fingerprint density at radius 2 is 2.54 bits per heavy atom. The Bertz CT molecular complexity index is 238. The molecule has 0 aromatic carbocycles. The van der Waals surface area contributed by atoms with Crippen LogP contribution in [0.2, 0.25) is 0 Å². The van der Waals surface area contributed by atoms with Crippen LogP contribution in [0.4, 0.5) is 4.79 Å². The van der Waals surface area contributed by atoms with E-state index in [0.717, 1.165) is 0 Å². The molecule has 72 valence electrons. The summed E-state index contributed by atoms with van der Waals surface area (Å²) in [6.45, 7) is 0.761. The number of hydrogen-bond donors (Lipinski definition) is 2. The summed E-state index contributed by atoms with van der Waals surface area (Å²) in [4.78, 5) is 13.0. The van der Waals surface area contributed by atoms with E-state index in [1.54, 1.807) is 0 Å². The minimum atomic E-state index is -1.13. The molecule has 0 unspecified atom stereocenters. The number of rotatable bonds is 2. The van der Waals surface area contributed by atoms with E-state index in [2.05, 4.69) is 15.3 Å². The zero-order chi connectivity index (χ0) is 9.68. The number of carbonyl (C=O) groups is 1. The van der Waals surface area contributed by atoms with Crippen molar-refractivity contribution in [3.63, 3.8) is 0 Å². The molecule has 0 saturated carbocycles. The van der Waals surface area contributed by atoms with Crippen molar-refractivity contribution in [2.75, 3.05) is 13.2 Å². The summed E-state index contributed by atoms with van der Waals surface area (Å²) >= 11 is 0. The first-order valence-corrected chi connectivity index (χ1v) is 3.85. The van der Waals surface area contributed by atoms with Crippen LogP contribution in [0.25, 0.3) is 10.4 Å². The topological polar surface area (TPSA) is 107 Å². The first-order valence-electron chi connectivity index (χ1n) is 3.85. The van der Waals surface area contributed by atoms with Crippen LogP contribution < -0.4 is 5.32 Å². The van der Waals surface area contributed by atoms with Gasteiger partial charge in [-0.15, -0.1) is 0 Å². The molecule has 0 aromatic heterocycles. The standard InChI is InChI=1S/C6H10N4O3/c7-10-9-4-1-2-13-3-5(4)8-6(11)12/h4-5,8H,1-3H2,(H,11,12)/t4-,5+/m0/s1. The first-order chi connectivity index (χ1) is 6.24. The Hall–Kier alpha value is -1.46. The molecule has 7 nitrogen and oxygen atoms in total. The predicted molar refractivity (Wildman–Crippen MR) is 43.3 cm³/mol. The molecule has 2 atom stereocenters. The third-order valence-corrected chi connectivity index (χ3v) is 1.83. The fourth-order valence-corrected chi connectivity index (χ4v) is 1.23. The molecule has 2 N–H and O–H groups in total. The summed E-state index contributed by atoms with van der Waals surface area (Å²) in [5.74, 6) is 0. The number of azide groups is 1. The molecule has 7 heteroatoms. The van der Waals surface area contributed by atoms with Gasteiger partial charge in [-0.05, 0) is 12.0 Å². The fourth-order valence-electron chi connectivity index (χ4n) is 1.23. The molecule has 13 heavy (non-hydrogen) atoms. The third-order valence-electron chi connectivity index (χ3n) is 1.83. The van der Waals surface area contributed by atoms with E-state index in [4.69, 9.17) is 15.4 Å². The Kier molecular flexibility index (Phi) is 3.36. The van der Waals surface area contributed by atoms with E-state index in [9.17, 15) is 4.79 Å². The van der Waals surface area contributed by atoms with Gasteiger partial charge in [-0.3, -0.25) is 0 Å². The van der Waals surface area contributed by atoms with E-state index in [0.29, 0.717) is 13.0 Å². The maximum atomic E-state index is 10.3. The second-order valence-corrected chi connectivity index (χ2v) is 2.69. The van der Waals surface area contributed by atoms with Crippen molar-refractivity contribution in [2.24, 2.45) is 5.11 Å². The second-order valence-electron chi connectivity index (χ2n) is 2.69. The third kappa shape index (κ3) is 2.81. The van der Waals surface area contributed by atoms with Gasteiger partial charge in [0, 0.05) is 11.5 Å². The number of nitrogens with one attached hydrogen (secondary N) is 1. The number of ether oxygens (including phenoxy) is 1. The maximum Gasteiger partial charge on any atom is 0.404 e. The van der Waals surface area contributed by atoms with Gasteiger partial charge in [-0.2, -0.15) is 0 Å². The average molecular weight is 186 g/mol. The highest BCUT2D eigenvalue weighted by Gasteiger charge is 2.25. The van der Waals surface area contributed by atoms with Crippen LogP contribution in [-0.4, -0.2) is 36.5 Å². The minimum Gasteiger partial charge on any atom is -0.465 e. The lowest BCUT2D eigenvalue weighted by Crippen LogP contribution is -2.48. The molecular formula is C6H10N4O3. The molecule has 0 aromatic rings. The van der Waals surface area contributed by atoms with Crippen molar-refractivity contribution < 1.29 is 14.6 Å². The lowest BCUT2D eigenvalue weighted by molar-refractivity contribution is 0.0585. The maximum absolute atomic E-state index is 10.3. The van der Waals surface area contributed by atoms with Crippen molar-refractivity contribution in [1.29, 1.82) is 0 Å². The number of carboxylic acid groups (broad SMARTS) is 1. The lowest BCUT2D eigenvalue weighted by Gasteiger charge is -2.27. The largest absolute Gasteiger partial charge is 0.465 e. The van der Waals surface area contributed by atoms with Gasteiger partial charge in [0.05, 0.1) is 18.7 Å². The van der Waals surface area contributed by atoms with Crippen LogP contribution in [0.15, 0.2) is 5.11 Å². The number of amides is 1. The van der Waals surface area contributed by atoms with Gasteiger partial charge in [0.1, 0.15) is 0 Å². The van der Waals surface area contributed by atoms with Crippen molar-refractivity contribution in [1.82, 2.24) is 5.32 Å². The van der Waals surface area contributed by atoms with Crippen LogP contribution in [0.5, 0.6) is 0 Å². The number of nitrogens with zero attached hydrogens (tertiary/aromatic N) is 3. The fraction of sp³-hybridized carbons (Fsp3) is 0.833. The van der Waals surface area contributed by atoms with Crippen molar-refractivity contribution in [2.45, 2.75) is 18.5 Å². The van der Waals surface area contributed by atoms with Gasteiger partial charge < -0.3 is 15.2 Å². The summed E-state index contributed by atoms with van der Waals surface area (Å²) in [7, 11) is 0. The molecular weight excluding hydrogens is 176 g/mol. The van der Waals surface area contributed by atoms with Crippen LogP contribution >= 0.6 is 0 Å². The lowest BCUT2D eigenvalue weighted by atomic mass is 10.1. The highest BCUT2D eigenvalue weighted by Crippen LogP contribution is 2.11. The van der Waals surface area contributed by atoms with Gasteiger partial charge in [0.25, 0.3) is 0 Å². The minimum absolute atomic E-state index is 0.260. The van der Waals surface area contributed by atoms with Gasteiger partial charge in [-0.25, -0.2) is 4.79 Å². The Labute approximate surface area is 74.3 Å². The Morgan fingerprint density at radius 3 is 3.15 bits per heavy atom. The summed E-state index contributed by atoms with van der Waals surface area (Å²) in [5.41, 5.74) is 8.21. The normalized spacial score (nSPS) is 27.4. The molecule has 0 bridgehead atoms. The molecule has 0 aliphatic carbocycles.